The lowest BCUT2D eigenvalue weighted by Gasteiger charge is -2.15. The number of nitro benzene ring substituents is 1. The van der Waals surface area contributed by atoms with Gasteiger partial charge in [-0.1, -0.05) is 0 Å². The van der Waals surface area contributed by atoms with Gasteiger partial charge in [0.1, 0.15) is 22.7 Å². The molecule has 1 N–H and O–H groups in total. The zero-order valence-electron chi connectivity index (χ0n) is 16.6. The molecule has 0 spiro atoms. The van der Waals surface area contributed by atoms with Gasteiger partial charge >= 0.3 is 6.61 Å². The number of rotatable bonds is 7. The highest BCUT2D eigenvalue weighted by Crippen LogP contribution is 2.36. The molecule has 1 heterocycles. The molecule has 0 aliphatic carbocycles. The largest absolute Gasteiger partial charge is 0.493 e. The molecule has 1 amide bonds. The molecular formula is C20H17F3N2O6. The Balaban J connectivity index is 1.95. The van der Waals surface area contributed by atoms with E-state index in [0.29, 0.717) is 28.4 Å². The predicted molar refractivity (Wildman–Crippen MR) is 103 cm³/mol. The quantitative estimate of drug-likeness (QED) is 0.416. The third-order valence-corrected chi connectivity index (χ3v) is 4.62. The Labute approximate surface area is 173 Å². The first-order valence-electron chi connectivity index (χ1n) is 8.93. The summed E-state index contributed by atoms with van der Waals surface area (Å²) >= 11 is 0. The Bertz CT molecular complexity index is 1160. The number of benzene rings is 2. The van der Waals surface area contributed by atoms with Crippen LogP contribution in [0.4, 0.5) is 18.9 Å². The Morgan fingerprint density at radius 1 is 1.23 bits per heavy atom. The van der Waals surface area contributed by atoms with E-state index in [-0.39, 0.29) is 5.75 Å². The van der Waals surface area contributed by atoms with Crippen LogP contribution in [0.5, 0.6) is 11.5 Å². The van der Waals surface area contributed by atoms with Gasteiger partial charge in [0.2, 0.25) is 0 Å². The fraction of sp³-hybridized carbons (Fsp3) is 0.250. The molecule has 3 rings (SSSR count). The predicted octanol–water partition coefficient (Wildman–Crippen LogP) is 4.89. The number of alkyl halides is 2. The number of nitrogens with one attached hydrogen (secondary N) is 1. The Hall–Kier alpha value is -3.76. The molecular weight excluding hydrogens is 421 g/mol. The number of hydrogen-bond acceptors (Lipinski definition) is 6. The van der Waals surface area contributed by atoms with Gasteiger partial charge < -0.3 is 19.2 Å². The Morgan fingerprint density at radius 2 is 1.94 bits per heavy atom. The number of fused-ring (bicyclic) bond motifs is 1. The lowest BCUT2D eigenvalue weighted by atomic mass is 10.1. The van der Waals surface area contributed by atoms with E-state index in [1.807, 2.05) is 0 Å². The van der Waals surface area contributed by atoms with E-state index in [1.165, 1.54) is 18.2 Å². The van der Waals surface area contributed by atoms with Gasteiger partial charge in [-0.05, 0) is 32.0 Å². The molecule has 1 aromatic heterocycles. The van der Waals surface area contributed by atoms with Crippen molar-refractivity contribution < 1.29 is 36.8 Å². The minimum absolute atomic E-state index is 0.279. The fourth-order valence-electron chi connectivity index (χ4n) is 3.19. The monoisotopic (exact) mass is 438 g/mol. The molecule has 0 aliphatic heterocycles. The maximum atomic E-state index is 13.5. The molecule has 0 saturated heterocycles. The van der Waals surface area contributed by atoms with E-state index < -0.39 is 46.3 Å². The number of amides is 1. The third kappa shape index (κ3) is 4.39. The van der Waals surface area contributed by atoms with Crippen molar-refractivity contribution in [1.82, 2.24) is 5.32 Å². The van der Waals surface area contributed by atoms with Crippen LogP contribution in [0.2, 0.25) is 0 Å². The van der Waals surface area contributed by atoms with Crippen LogP contribution in [-0.2, 0) is 0 Å². The number of hydrogen-bond donors (Lipinski definition) is 1. The lowest BCUT2D eigenvalue weighted by molar-refractivity contribution is -0.385. The van der Waals surface area contributed by atoms with Crippen LogP contribution in [0, 0.1) is 22.9 Å². The van der Waals surface area contributed by atoms with Crippen LogP contribution >= 0.6 is 0 Å². The first-order valence-corrected chi connectivity index (χ1v) is 8.93. The number of nitrogens with zero attached hydrogens (tertiary/aromatic N) is 1. The highest BCUT2D eigenvalue weighted by atomic mass is 19.3. The molecule has 11 heteroatoms. The first kappa shape index (κ1) is 21.9. The summed E-state index contributed by atoms with van der Waals surface area (Å²) in [6.07, 6.45) is 0. The van der Waals surface area contributed by atoms with E-state index in [2.05, 4.69) is 10.1 Å². The average molecular weight is 438 g/mol. The van der Waals surface area contributed by atoms with Crippen molar-refractivity contribution >= 4 is 22.6 Å². The third-order valence-electron chi connectivity index (χ3n) is 4.62. The Kier molecular flexibility index (Phi) is 6.04. The van der Waals surface area contributed by atoms with Crippen molar-refractivity contribution in [3.63, 3.8) is 0 Å². The van der Waals surface area contributed by atoms with Crippen molar-refractivity contribution in [3.8, 4) is 11.5 Å². The standard InChI is InChI=1S/C20H17F3N2O6/c1-9-12-6-11(21)4-5-15(12)30-18(9)10(2)24-19(26)13-7-16(29-3)17(31-20(22)23)8-14(13)25(27)28/h4-8,10,20H,1-3H3,(H,24,26). The van der Waals surface area contributed by atoms with Gasteiger partial charge in [-0.15, -0.1) is 0 Å². The van der Waals surface area contributed by atoms with Crippen molar-refractivity contribution in [2.24, 2.45) is 0 Å². The van der Waals surface area contributed by atoms with Gasteiger partial charge in [0, 0.05) is 17.0 Å². The molecule has 8 nitrogen and oxygen atoms in total. The number of halogens is 3. The second-order valence-corrected chi connectivity index (χ2v) is 6.58. The first-order chi connectivity index (χ1) is 14.6. The van der Waals surface area contributed by atoms with E-state index in [4.69, 9.17) is 9.15 Å². The summed E-state index contributed by atoms with van der Waals surface area (Å²) in [4.78, 5) is 23.3. The van der Waals surface area contributed by atoms with Crippen molar-refractivity contribution in [1.29, 1.82) is 0 Å². The van der Waals surface area contributed by atoms with Crippen LogP contribution < -0.4 is 14.8 Å². The SMILES string of the molecule is COc1cc(C(=O)NC(C)c2oc3ccc(F)cc3c2C)c([N+](=O)[O-])cc1OC(F)F. The van der Waals surface area contributed by atoms with E-state index in [0.717, 1.165) is 13.2 Å². The molecule has 3 aromatic rings. The molecule has 2 aromatic carbocycles. The van der Waals surface area contributed by atoms with Crippen LogP contribution in [0.3, 0.4) is 0 Å². The zero-order valence-corrected chi connectivity index (χ0v) is 16.6. The van der Waals surface area contributed by atoms with Crippen LogP contribution in [0.1, 0.15) is 34.6 Å². The summed E-state index contributed by atoms with van der Waals surface area (Å²) in [7, 11) is 1.14. The minimum atomic E-state index is -3.24. The van der Waals surface area contributed by atoms with Gasteiger partial charge in [0.15, 0.2) is 11.5 Å². The molecule has 0 saturated carbocycles. The fourth-order valence-corrected chi connectivity index (χ4v) is 3.19. The van der Waals surface area contributed by atoms with Crippen LogP contribution in [-0.4, -0.2) is 24.6 Å². The second-order valence-electron chi connectivity index (χ2n) is 6.58. The maximum Gasteiger partial charge on any atom is 0.387 e. The molecule has 0 aliphatic rings. The average Bonchev–Trinajstić information content (AvgIpc) is 3.03. The van der Waals surface area contributed by atoms with Crippen molar-refractivity contribution in [3.05, 3.63) is 63.2 Å². The number of ether oxygens (including phenoxy) is 2. The number of carbonyl (C=O) groups excluding carboxylic acids is 1. The summed E-state index contributed by atoms with van der Waals surface area (Å²) < 4.78 is 53.5. The molecule has 1 unspecified atom stereocenters. The molecule has 0 fully saturated rings. The molecule has 1 atom stereocenters. The van der Waals surface area contributed by atoms with Gasteiger partial charge in [0.25, 0.3) is 11.6 Å². The smallest absolute Gasteiger partial charge is 0.387 e. The van der Waals surface area contributed by atoms with E-state index in [9.17, 15) is 28.1 Å². The van der Waals surface area contributed by atoms with Crippen LogP contribution in [0.15, 0.2) is 34.7 Å². The summed E-state index contributed by atoms with van der Waals surface area (Å²) in [5.41, 5.74) is -0.161. The normalized spacial score (nSPS) is 12.1. The van der Waals surface area contributed by atoms with Gasteiger partial charge in [-0.25, -0.2) is 4.39 Å². The molecule has 0 bridgehead atoms. The number of carbonyl (C=O) groups is 1. The van der Waals surface area contributed by atoms with E-state index >= 15 is 0 Å². The number of methoxy groups -OCH3 is 1. The van der Waals surface area contributed by atoms with Gasteiger partial charge in [0.05, 0.1) is 24.1 Å². The van der Waals surface area contributed by atoms with Crippen LogP contribution in [0.25, 0.3) is 11.0 Å². The van der Waals surface area contributed by atoms with Crippen molar-refractivity contribution in [2.75, 3.05) is 7.11 Å². The second kappa shape index (κ2) is 8.54. The number of aryl methyl sites for hydroxylation is 1. The topological polar surface area (TPSA) is 104 Å². The zero-order chi connectivity index (χ0) is 22.9. The minimum Gasteiger partial charge on any atom is -0.493 e. The molecule has 0 radical (unpaired) electrons. The van der Waals surface area contributed by atoms with Gasteiger partial charge in [-0.3, -0.25) is 14.9 Å². The summed E-state index contributed by atoms with van der Waals surface area (Å²) in [5.74, 6) is -1.84. The highest BCUT2D eigenvalue weighted by Gasteiger charge is 2.28. The highest BCUT2D eigenvalue weighted by molar-refractivity contribution is 5.99. The van der Waals surface area contributed by atoms with E-state index in [1.54, 1.807) is 13.8 Å². The summed E-state index contributed by atoms with van der Waals surface area (Å²) in [5, 5.41) is 14.5. The maximum absolute atomic E-state index is 13.5. The molecule has 164 valence electrons. The lowest BCUT2D eigenvalue weighted by Crippen LogP contribution is -2.27. The summed E-state index contributed by atoms with van der Waals surface area (Å²) in [6, 6.07) is 4.87. The van der Waals surface area contributed by atoms with Gasteiger partial charge in [-0.2, -0.15) is 8.78 Å². The van der Waals surface area contributed by atoms with Crippen molar-refractivity contribution in [2.45, 2.75) is 26.5 Å². The summed E-state index contributed by atoms with van der Waals surface area (Å²) in [6.45, 7) is 0.0238. The number of furan rings is 1. The number of nitro groups is 1. The molecule has 31 heavy (non-hydrogen) atoms. The Morgan fingerprint density at radius 3 is 2.55 bits per heavy atom.